The van der Waals surface area contributed by atoms with Gasteiger partial charge in [-0.1, -0.05) is 11.6 Å². The molecular weight excluding hydrogens is 318 g/mol. The molecule has 2 bridgehead atoms. The predicted molar refractivity (Wildman–Crippen MR) is 85.7 cm³/mol. The number of nitrogens with zero attached hydrogens (tertiary/aromatic N) is 3. The second kappa shape index (κ2) is 5.82. The van der Waals surface area contributed by atoms with Crippen molar-refractivity contribution in [1.82, 2.24) is 14.9 Å². The van der Waals surface area contributed by atoms with Crippen LogP contribution in [-0.2, 0) is 4.74 Å². The normalized spacial score (nSPS) is 26.5. The first-order valence-electron chi connectivity index (χ1n) is 7.91. The molecule has 1 amide bonds. The first-order valence-corrected chi connectivity index (χ1v) is 8.29. The number of aromatic nitrogens is 2. The molecule has 1 aromatic heterocycles. The van der Waals surface area contributed by atoms with Gasteiger partial charge in [-0.05, 0) is 40.5 Å². The smallest absolute Gasteiger partial charge is 0.410 e. The highest BCUT2D eigenvalue weighted by Crippen LogP contribution is 2.40. The van der Waals surface area contributed by atoms with Crippen molar-refractivity contribution < 1.29 is 14.3 Å². The average Bonchev–Trinajstić information content (AvgIpc) is 2.99. The zero-order chi connectivity index (χ0) is 16.8. The lowest BCUT2D eigenvalue weighted by Gasteiger charge is -2.28. The van der Waals surface area contributed by atoms with E-state index in [0.717, 1.165) is 24.8 Å². The molecule has 23 heavy (non-hydrogen) atoms. The van der Waals surface area contributed by atoms with Gasteiger partial charge in [0.2, 0.25) is 5.88 Å². The van der Waals surface area contributed by atoms with E-state index in [0.29, 0.717) is 11.0 Å². The largest absolute Gasteiger partial charge is 0.472 e. The maximum Gasteiger partial charge on any atom is 0.410 e. The Morgan fingerprint density at radius 2 is 2.09 bits per heavy atom. The van der Waals surface area contributed by atoms with Crippen LogP contribution in [0.5, 0.6) is 5.88 Å². The van der Waals surface area contributed by atoms with E-state index in [1.165, 1.54) is 6.33 Å². The number of rotatable bonds is 2. The molecule has 2 fully saturated rings. The van der Waals surface area contributed by atoms with Crippen LogP contribution < -0.4 is 4.74 Å². The van der Waals surface area contributed by atoms with Gasteiger partial charge >= 0.3 is 6.09 Å². The third kappa shape index (κ3) is 3.22. The summed E-state index contributed by atoms with van der Waals surface area (Å²) in [6, 6.07) is 0.209. The number of hydrogen-bond donors (Lipinski definition) is 0. The van der Waals surface area contributed by atoms with Gasteiger partial charge in [0.1, 0.15) is 23.2 Å². The van der Waals surface area contributed by atoms with Gasteiger partial charge in [0.05, 0.1) is 6.04 Å². The molecule has 0 radical (unpaired) electrons. The van der Waals surface area contributed by atoms with Gasteiger partial charge in [-0.25, -0.2) is 14.8 Å². The van der Waals surface area contributed by atoms with Crippen LogP contribution in [0.4, 0.5) is 4.79 Å². The van der Waals surface area contributed by atoms with E-state index in [4.69, 9.17) is 21.1 Å². The first kappa shape index (κ1) is 16.3. The van der Waals surface area contributed by atoms with E-state index in [1.807, 2.05) is 32.6 Å². The maximum atomic E-state index is 12.4. The Balaban J connectivity index is 1.73. The summed E-state index contributed by atoms with van der Waals surface area (Å²) in [6.07, 6.45) is 3.77. The number of amides is 1. The van der Waals surface area contributed by atoms with Crippen LogP contribution in [0.1, 0.15) is 45.6 Å². The molecule has 2 aliphatic heterocycles. The molecule has 2 unspecified atom stereocenters. The fourth-order valence-corrected chi connectivity index (χ4v) is 3.46. The van der Waals surface area contributed by atoms with E-state index in [1.54, 1.807) is 0 Å². The topological polar surface area (TPSA) is 64.6 Å². The molecule has 0 N–H and O–H groups in total. The number of halogens is 1. The van der Waals surface area contributed by atoms with Crippen molar-refractivity contribution in [2.75, 3.05) is 0 Å². The summed E-state index contributed by atoms with van der Waals surface area (Å²) in [4.78, 5) is 22.4. The standard InChI is InChI=1S/C16H22ClN3O3/c1-9-13(17)18-8-19-14(9)22-12-7-10-5-6-11(12)20(10)15(21)23-16(2,3)4/h8,10-12H,5-7H2,1-4H3/t10?,11?,12-/m0/s1. The molecule has 3 rings (SSSR count). The summed E-state index contributed by atoms with van der Waals surface area (Å²) in [5, 5.41) is 0.391. The summed E-state index contributed by atoms with van der Waals surface area (Å²) in [5.41, 5.74) is 0.229. The average molecular weight is 340 g/mol. The van der Waals surface area contributed by atoms with E-state index >= 15 is 0 Å². The van der Waals surface area contributed by atoms with Gasteiger partial charge in [-0.2, -0.15) is 0 Å². The highest BCUT2D eigenvalue weighted by Gasteiger charge is 2.51. The van der Waals surface area contributed by atoms with Gasteiger partial charge in [0.15, 0.2) is 0 Å². The molecule has 2 aliphatic rings. The number of fused-ring (bicyclic) bond motifs is 2. The Morgan fingerprint density at radius 3 is 2.78 bits per heavy atom. The van der Waals surface area contributed by atoms with Gasteiger partial charge in [-0.15, -0.1) is 0 Å². The highest BCUT2D eigenvalue weighted by atomic mass is 35.5. The monoisotopic (exact) mass is 339 g/mol. The number of ether oxygens (including phenoxy) is 2. The first-order chi connectivity index (χ1) is 10.8. The van der Waals surface area contributed by atoms with Gasteiger partial charge < -0.3 is 9.47 Å². The van der Waals surface area contributed by atoms with Crippen molar-refractivity contribution in [1.29, 1.82) is 0 Å². The van der Waals surface area contributed by atoms with E-state index in [-0.39, 0.29) is 24.3 Å². The highest BCUT2D eigenvalue weighted by molar-refractivity contribution is 6.30. The lowest BCUT2D eigenvalue weighted by molar-refractivity contribution is 0.0180. The van der Waals surface area contributed by atoms with Crippen molar-refractivity contribution in [2.45, 2.75) is 70.7 Å². The molecule has 126 valence electrons. The lowest BCUT2D eigenvalue weighted by Crippen LogP contribution is -2.42. The van der Waals surface area contributed by atoms with E-state index in [9.17, 15) is 4.79 Å². The molecule has 0 aromatic carbocycles. The van der Waals surface area contributed by atoms with Crippen LogP contribution in [0.25, 0.3) is 0 Å². The van der Waals surface area contributed by atoms with Crippen molar-refractivity contribution in [3.05, 3.63) is 17.0 Å². The molecule has 3 atom stereocenters. The Labute approximate surface area is 141 Å². The quantitative estimate of drug-likeness (QED) is 0.773. The molecule has 7 heteroatoms. The third-order valence-corrected chi connectivity index (χ3v) is 4.70. The molecule has 2 saturated heterocycles. The zero-order valence-electron chi connectivity index (χ0n) is 13.9. The fraction of sp³-hybridized carbons (Fsp3) is 0.688. The third-order valence-electron chi connectivity index (χ3n) is 4.32. The van der Waals surface area contributed by atoms with Crippen molar-refractivity contribution in [2.24, 2.45) is 0 Å². The van der Waals surface area contributed by atoms with Crippen LogP contribution in [0, 0.1) is 6.92 Å². The summed E-state index contributed by atoms with van der Waals surface area (Å²) < 4.78 is 11.6. The minimum Gasteiger partial charge on any atom is -0.472 e. The van der Waals surface area contributed by atoms with E-state index in [2.05, 4.69) is 9.97 Å². The van der Waals surface area contributed by atoms with Crippen LogP contribution in [0.15, 0.2) is 6.33 Å². The molecule has 6 nitrogen and oxygen atoms in total. The minimum atomic E-state index is -0.494. The maximum absolute atomic E-state index is 12.4. The second-order valence-electron chi connectivity index (χ2n) is 7.17. The SMILES string of the molecule is Cc1c(Cl)ncnc1O[C@H]1CC2CCC1N2C(=O)OC(C)(C)C. The summed E-state index contributed by atoms with van der Waals surface area (Å²) >= 11 is 6.01. The fourth-order valence-electron chi connectivity index (χ4n) is 3.34. The van der Waals surface area contributed by atoms with Crippen molar-refractivity contribution in [3.63, 3.8) is 0 Å². The number of hydrogen-bond acceptors (Lipinski definition) is 5. The second-order valence-corrected chi connectivity index (χ2v) is 7.53. The molecular formula is C16H22ClN3O3. The number of carbonyl (C=O) groups is 1. The predicted octanol–water partition coefficient (Wildman–Crippen LogP) is 3.36. The Morgan fingerprint density at radius 1 is 1.35 bits per heavy atom. The lowest BCUT2D eigenvalue weighted by atomic mass is 9.98. The molecule has 0 saturated carbocycles. The van der Waals surface area contributed by atoms with Crippen molar-refractivity contribution >= 4 is 17.7 Å². The van der Waals surface area contributed by atoms with Crippen LogP contribution >= 0.6 is 11.6 Å². The molecule has 0 spiro atoms. The summed E-state index contributed by atoms with van der Waals surface area (Å²) in [7, 11) is 0. The zero-order valence-corrected chi connectivity index (χ0v) is 14.6. The molecule has 3 heterocycles. The van der Waals surface area contributed by atoms with Crippen LogP contribution in [0.3, 0.4) is 0 Å². The molecule has 0 aliphatic carbocycles. The van der Waals surface area contributed by atoms with Gasteiger partial charge in [0.25, 0.3) is 0 Å². The Kier molecular flexibility index (Phi) is 4.12. The van der Waals surface area contributed by atoms with Gasteiger partial charge in [-0.3, -0.25) is 4.90 Å². The summed E-state index contributed by atoms with van der Waals surface area (Å²) in [6.45, 7) is 7.46. The Hall–Kier alpha value is -1.56. The van der Waals surface area contributed by atoms with Gasteiger partial charge in [0, 0.05) is 18.0 Å². The number of carbonyl (C=O) groups excluding carboxylic acids is 1. The Bertz CT molecular complexity index is 617. The van der Waals surface area contributed by atoms with Crippen LogP contribution in [-0.4, -0.2) is 44.7 Å². The summed E-state index contributed by atoms with van der Waals surface area (Å²) in [5.74, 6) is 0.492. The molecule has 1 aromatic rings. The minimum absolute atomic E-state index is 0.0305. The van der Waals surface area contributed by atoms with E-state index < -0.39 is 5.60 Å². The van der Waals surface area contributed by atoms with Crippen LogP contribution in [0.2, 0.25) is 5.15 Å². The van der Waals surface area contributed by atoms with Crippen molar-refractivity contribution in [3.8, 4) is 5.88 Å².